The number of halogens is 1. The van der Waals surface area contributed by atoms with Crippen molar-refractivity contribution >= 4 is 29.3 Å². The first kappa shape index (κ1) is 19.6. The molecule has 8 heteroatoms. The highest BCUT2D eigenvalue weighted by Crippen LogP contribution is 2.21. The number of aryl methyl sites for hydroxylation is 2. The Labute approximate surface area is 166 Å². The number of anilines is 1. The number of hydrogen-bond donors (Lipinski definition) is 1. The average Bonchev–Trinajstić information content (AvgIpc) is 3.16. The van der Waals surface area contributed by atoms with Crippen molar-refractivity contribution in [2.45, 2.75) is 19.8 Å². The van der Waals surface area contributed by atoms with Gasteiger partial charge in [0, 0.05) is 18.2 Å². The average molecular weight is 400 g/mol. The van der Waals surface area contributed by atoms with Crippen LogP contribution in [0, 0.1) is 6.92 Å². The number of oxazole rings is 1. The topological polar surface area (TPSA) is 94.3 Å². The van der Waals surface area contributed by atoms with Gasteiger partial charge in [0.25, 0.3) is 5.91 Å². The SMILES string of the molecule is Cc1ccc(-c2cnc(CCC(=O)OCC(=O)Nc3ccc(Cl)cn3)o2)cc1. The predicted octanol–water partition coefficient (Wildman–Crippen LogP) is 3.81. The Balaban J connectivity index is 1.42. The van der Waals surface area contributed by atoms with Gasteiger partial charge < -0.3 is 14.5 Å². The Morgan fingerprint density at radius 1 is 1.11 bits per heavy atom. The van der Waals surface area contributed by atoms with Gasteiger partial charge in [-0.05, 0) is 19.1 Å². The molecule has 0 bridgehead atoms. The highest BCUT2D eigenvalue weighted by molar-refractivity contribution is 6.30. The van der Waals surface area contributed by atoms with E-state index < -0.39 is 18.5 Å². The standard InChI is InChI=1S/C20H18ClN3O4/c1-13-2-4-14(5-3-13)16-11-23-19(28-16)8-9-20(26)27-12-18(25)24-17-7-6-15(21)10-22-17/h2-7,10-11H,8-9,12H2,1H3,(H,22,24,25). The maximum atomic E-state index is 11.8. The van der Waals surface area contributed by atoms with Crippen LogP contribution in [0.15, 0.2) is 53.2 Å². The number of ether oxygens (including phenoxy) is 1. The molecule has 28 heavy (non-hydrogen) atoms. The molecule has 2 aromatic heterocycles. The Bertz CT molecular complexity index is 952. The third-order valence-corrected chi connectivity index (χ3v) is 4.02. The van der Waals surface area contributed by atoms with Crippen LogP contribution >= 0.6 is 11.6 Å². The van der Waals surface area contributed by atoms with Crippen molar-refractivity contribution in [1.82, 2.24) is 9.97 Å². The lowest BCUT2D eigenvalue weighted by Gasteiger charge is -2.05. The molecule has 7 nitrogen and oxygen atoms in total. The number of aromatic nitrogens is 2. The van der Waals surface area contributed by atoms with Crippen LogP contribution in [0.25, 0.3) is 11.3 Å². The van der Waals surface area contributed by atoms with Crippen LogP contribution in [0.2, 0.25) is 5.02 Å². The first-order valence-corrected chi connectivity index (χ1v) is 8.96. The number of amides is 1. The van der Waals surface area contributed by atoms with E-state index in [0.717, 1.165) is 11.1 Å². The van der Waals surface area contributed by atoms with Crippen LogP contribution in [0.4, 0.5) is 5.82 Å². The van der Waals surface area contributed by atoms with Crippen molar-refractivity contribution in [3.8, 4) is 11.3 Å². The Kier molecular flexibility index (Phi) is 6.39. The molecule has 0 aliphatic heterocycles. The molecule has 0 atom stereocenters. The van der Waals surface area contributed by atoms with Gasteiger partial charge in [0.2, 0.25) is 0 Å². The molecule has 0 unspecified atom stereocenters. The van der Waals surface area contributed by atoms with Crippen LogP contribution in [0.1, 0.15) is 17.9 Å². The third-order valence-electron chi connectivity index (χ3n) is 3.79. The molecule has 0 aliphatic carbocycles. The summed E-state index contributed by atoms with van der Waals surface area (Å²) in [7, 11) is 0. The van der Waals surface area contributed by atoms with E-state index in [4.69, 9.17) is 20.8 Å². The number of rotatable bonds is 7. The third kappa shape index (κ3) is 5.65. The van der Waals surface area contributed by atoms with Crippen LogP contribution in [-0.4, -0.2) is 28.5 Å². The van der Waals surface area contributed by atoms with E-state index >= 15 is 0 Å². The quantitative estimate of drug-likeness (QED) is 0.607. The maximum absolute atomic E-state index is 11.8. The Morgan fingerprint density at radius 3 is 2.61 bits per heavy atom. The van der Waals surface area contributed by atoms with Gasteiger partial charge in [-0.2, -0.15) is 0 Å². The van der Waals surface area contributed by atoms with E-state index in [-0.39, 0.29) is 12.8 Å². The number of carbonyl (C=O) groups excluding carboxylic acids is 2. The van der Waals surface area contributed by atoms with E-state index in [0.29, 0.717) is 22.5 Å². The van der Waals surface area contributed by atoms with Crippen molar-refractivity contribution in [2.75, 3.05) is 11.9 Å². The smallest absolute Gasteiger partial charge is 0.306 e. The molecule has 3 aromatic rings. The number of benzene rings is 1. The number of hydrogen-bond acceptors (Lipinski definition) is 6. The zero-order valence-electron chi connectivity index (χ0n) is 15.1. The van der Waals surface area contributed by atoms with Crippen LogP contribution in [-0.2, 0) is 20.7 Å². The first-order valence-electron chi connectivity index (χ1n) is 8.58. The van der Waals surface area contributed by atoms with Gasteiger partial charge in [-0.3, -0.25) is 9.59 Å². The molecule has 3 rings (SSSR count). The molecule has 0 radical (unpaired) electrons. The van der Waals surface area contributed by atoms with Gasteiger partial charge in [-0.15, -0.1) is 0 Å². The van der Waals surface area contributed by atoms with Gasteiger partial charge >= 0.3 is 5.97 Å². The molecule has 1 aromatic carbocycles. The minimum atomic E-state index is -0.519. The summed E-state index contributed by atoms with van der Waals surface area (Å²) in [6.07, 6.45) is 3.37. The number of carbonyl (C=O) groups is 2. The molecule has 0 saturated heterocycles. The van der Waals surface area contributed by atoms with Crippen LogP contribution in [0.5, 0.6) is 0 Å². The van der Waals surface area contributed by atoms with Gasteiger partial charge in [0.05, 0.1) is 17.6 Å². The van der Waals surface area contributed by atoms with E-state index in [2.05, 4.69) is 15.3 Å². The maximum Gasteiger partial charge on any atom is 0.306 e. The van der Waals surface area contributed by atoms with E-state index in [1.165, 1.54) is 6.20 Å². The second-order valence-corrected chi connectivity index (χ2v) is 6.49. The summed E-state index contributed by atoms with van der Waals surface area (Å²) in [4.78, 5) is 31.7. The molecule has 1 amide bonds. The molecule has 1 N–H and O–H groups in total. The Hall–Kier alpha value is -3.19. The summed E-state index contributed by atoms with van der Waals surface area (Å²) >= 11 is 5.72. The number of nitrogens with one attached hydrogen (secondary N) is 1. The van der Waals surface area contributed by atoms with Gasteiger partial charge in [0.15, 0.2) is 18.3 Å². The number of nitrogens with zero attached hydrogens (tertiary/aromatic N) is 2. The van der Waals surface area contributed by atoms with Crippen molar-refractivity contribution in [3.63, 3.8) is 0 Å². The molecule has 0 aliphatic rings. The molecular weight excluding hydrogens is 382 g/mol. The van der Waals surface area contributed by atoms with Crippen molar-refractivity contribution in [1.29, 1.82) is 0 Å². The zero-order chi connectivity index (χ0) is 19.9. The zero-order valence-corrected chi connectivity index (χ0v) is 15.9. The van der Waals surface area contributed by atoms with Crippen molar-refractivity contribution in [2.24, 2.45) is 0 Å². The minimum Gasteiger partial charge on any atom is -0.456 e. The lowest BCUT2D eigenvalue weighted by Crippen LogP contribution is -2.21. The summed E-state index contributed by atoms with van der Waals surface area (Å²) in [5, 5.41) is 2.97. The predicted molar refractivity (Wildman–Crippen MR) is 104 cm³/mol. The van der Waals surface area contributed by atoms with E-state index in [9.17, 15) is 9.59 Å². The summed E-state index contributed by atoms with van der Waals surface area (Å²) in [6.45, 7) is 1.61. The normalized spacial score (nSPS) is 10.5. The summed E-state index contributed by atoms with van der Waals surface area (Å²) in [6, 6.07) is 11.0. The van der Waals surface area contributed by atoms with Gasteiger partial charge in [0.1, 0.15) is 5.82 Å². The second-order valence-electron chi connectivity index (χ2n) is 6.05. The van der Waals surface area contributed by atoms with E-state index in [1.54, 1.807) is 18.3 Å². The molecule has 144 valence electrons. The first-order chi connectivity index (χ1) is 13.5. The largest absolute Gasteiger partial charge is 0.456 e. The number of pyridine rings is 1. The fraction of sp³-hybridized carbons (Fsp3) is 0.200. The highest BCUT2D eigenvalue weighted by Gasteiger charge is 2.12. The second kappa shape index (κ2) is 9.14. The minimum absolute atomic E-state index is 0.0559. The van der Waals surface area contributed by atoms with Gasteiger partial charge in [-0.1, -0.05) is 41.4 Å². The van der Waals surface area contributed by atoms with Gasteiger partial charge in [-0.25, -0.2) is 9.97 Å². The monoisotopic (exact) mass is 399 g/mol. The fourth-order valence-corrected chi connectivity index (χ4v) is 2.44. The molecule has 0 fully saturated rings. The summed E-state index contributed by atoms with van der Waals surface area (Å²) in [5.41, 5.74) is 2.07. The van der Waals surface area contributed by atoms with Crippen molar-refractivity contribution in [3.05, 3.63) is 65.3 Å². The van der Waals surface area contributed by atoms with Crippen LogP contribution in [0.3, 0.4) is 0 Å². The van der Waals surface area contributed by atoms with Crippen molar-refractivity contribution < 1.29 is 18.7 Å². The molecule has 2 heterocycles. The Morgan fingerprint density at radius 2 is 1.89 bits per heavy atom. The fourth-order valence-electron chi connectivity index (χ4n) is 2.33. The molecule has 0 saturated carbocycles. The lowest BCUT2D eigenvalue weighted by atomic mass is 10.1. The summed E-state index contributed by atoms with van der Waals surface area (Å²) < 4.78 is 10.6. The van der Waals surface area contributed by atoms with Crippen LogP contribution < -0.4 is 5.32 Å². The summed E-state index contributed by atoms with van der Waals surface area (Å²) in [5.74, 6) is 0.393. The molecule has 0 spiro atoms. The number of esters is 1. The highest BCUT2D eigenvalue weighted by atomic mass is 35.5. The molecular formula is C20H18ClN3O4. The lowest BCUT2D eigenvalue weighted by molar-refractivity contribution is -0.147. The van der Waals surface area contributed by atoms with E-state index in [1.807, 2.05) is 31.2 Å².